The van der Waals surface area contributed by atoms with Crippen molar-refractivity contribution in [2.45, 2.75) is 65.1 Å². The minimum atomic E-state index is -0.438. The number of amides is 1. The van der Waals surface area contributed by atoms with Gasteiger partial charge in [0, 0.05) is 37.3 Å². The van der Waals surface area contributed by atoms with Gasteiger partial charge in [-0.15, -0.1) is 11.3 Å². The maximum absolute atomic E-state index is 12.3. The molecule has 1 saturated heterocycles. The van der Waals surface area contributed by atoms with Gasteiger partial charge in [-0.1, -0.05) is 0 Å². The van der Waals surface area contributed by atoms with Crippen LogP contribution in [-0.2, 0) is 11.3 Å². The second-order valence-electron chi connectivity index (χ2n) is 7.68. The van der Waals surface area contributed by atoms with Crippen LogP contribution in [0.25, 0.3) is 4.96 Å². The van der Waals surface area contributed by atoms with Crippen molar-refractivity contribution in [1.82, 2.24) is 19.6 Å². The number of carbonyl (C=O) groups excluding carboxylic acids is 1. The molecule has 1 fully saturated rings. The molecule has 2 aromatic heterocycles. The van der Waals surface area contributed by atoms with Gasteiger partial charge in [0.1, 0.15) is 5.60 Å². The number of carbonyl (C=O) groups is 1. The highest BCUT2D eigenvalue weighted by molar-refractivity contribution is 7.15. The first-order valence-electron chi connectivity index (χ1n) is 8.96. The lowest BCUT2D eigenvalue weighted by Crippen LogP contribution is -2.38. The molecule has 3 heterocycles. The quantitative estimate of drug-likeness (QED) is 0.904. The summed E-state index contributed by atoms with van der Waals surface area (Å²) in [5.74, 6) is 0. The second-order valence-corrected chi connectivity index (χ2v) is 8.55. The molecule has 0 saturated carbocycles. The Morgan fingerprint density at radius 1 is 1.40 bits per heavy atom. The lowest BCUT2D eigenvalue weighted by Gasteiger charge is -2.26. The second kappa shape index (κ2) is 7.33. The highest BCUT2D eigenvalue weighted by Crippen LogP contribution is 2.19. The van der Waals surface area contributed by atoms with E-state index >= 15 is 0 Å². The summed E-state index contributed by atoms with van der Waals surface area (Å²) in [5, 5.41) is 5.72. The number of fused-ring (bicyclic) bond motifs is 1. The molecule has 1 atom stereocenters. The third kappa shape index (κ3) is 4.52. The summed E-state index contributed by atoms with van der Waals surface area (Å²) in [4.78, 5) is 19.7. The van der Waals surface area contributed by atoms with Crippen LogP contribution in [0.2, 0.25) is 0 Å². The zero-order chi connectivity index (χ0) is 18.0. The minimum absolute atomic E-state index is 0.195. The van der Waals surface area contributed by atoms with Gasteiger partial charge < -0.3 is 15.0 Å². The third-order valence-electron chi connectivity index (χ3n) is 4.50. The van der Waals surface area contributed by atoms with Crippen molar-refractivity contribution in [3.63, 3.8) is 0 Å². The molecular weight excluding hydrogens is 336 g/mol. The number of aryl methyl sites for hydroxylation is 1. The first kappa shape index (κ1) is 18.2. The topological polar surface area (TPSA) is 58.9 Å². The normalized spacial score (nSPS) is 19.2. The van der Waals surface area contributed by atoms with Crippen molar-refractivity contribution >= 4 is 22.4 Å². The Morgan fingerprint density at radius 3 is 2.96 bits per heavy atom. The average molecular weight is 365 g/mol. The van der Waals surface area contributed by atoms with Gasteiger partial charge in [-0.2, -0.15) is 0 Å². The molecule has 0 bridgehead atoms. The van der Waals surface area contributed by atoms with E-state index in [4.69, 9.17) is 4.74 Å². The fourth-order valence-corrected chi connectivity index (χ4v) is 3.98. The molecule has 1 amide bonds. The van der Waals surface area contributed by atoms with Crippen molar-refractivity contribution in [1.29, 1.82) is 0 Å². The highest BCUT2D eigenvalue weighted by atomic mass is 32.1. The van der Waals surface area contributed by atoms with Crippen LogP contribution in [0.5, 0.6) is 0 Å². The molecule has 138 valence electrons. The van der Waals surface area contributed by atoms with Crippen LogP contribution < -0.4 is 5.32 Å². The van der Waals surface area contributed by atoms with Crippen LogP contribution in [0.1, 0.15) is 51.4 Å². The van der Waals surface area contributed by atoms with Gasteiger partial charge in [-0.3, -0.25) is 4.40 Å². The van der Waals surface area contributed by atoms with Gasteiger partial charge in [0.25, 0.3) is 0 Å². The molecule has 1 aliphatic rings. The summed E-state index contributed by atoms with van der Waals surface area (Å²) in [6.45, 7) is 10.1. The number of likely N-dealkylation sites (tertiary alicyclic amines) is 1. The smallest absolute Gasteiger partial charge is 0.410 e. The van der Waals surface area contributed by atoms with E-state index in [2.05, 4.69) is 33.2 Å². The summed E-state index contributed by atoms with van der Waals surface area (Å²) in [6.07, 6.45) is 4.90. The van der Waals surface area contributed by atoms with E-state index in [1.165, 1.54) is 5.69 Å². The SMILES string of the molecule is Cc1nc2sccn2c1CNC1CCCN(C(=O)OC(C)(C)C)CC1. The van der Waals surface area contributed by atoms with E-state index in [9.17, 15) is 4.79 Å². The Labute approximate surface area is 153 Å². The van der Waals surface area contributed by atoms with Crippen LogP contribution >= 0.6 is 11.3 Å². The largest absolute Gasteiger partial charge is 0.444 e. The van der Waals surface area contributed by atoms with E-state index in [1.54, 1.807) is 11.3 Å². The Hall–Kier alpha value is -1.60. The van der Waals surface area contributed by atoms with Crippen LogP contribution in [0.4, 0.5) is 4.79 Å². The molecule has 25 heavy (non-hydrogen) atoms. The number of ether oxygens (including phenoxy) is 1. The number of nitrogens with one attached hydrogen (secondary N) is 1. The fraction of sp³-hybridized carbons (Fsp3) is 0.667. The molecule has 3 rings (SSSR count). The summed E-state index contributed by atoms with van der Waals surface area (Å²) in [6, 6.07) is 0.413. The maximum atomic E-state index is 12.3. The Bertz CT molecular complexity index is 731. The zero-order valence-corrected chi connectivity index (χ0v) is 16.4. The van der Waals surface area contributed by atoms with Gasteiger partial charge in [0.05, 0.1) is 11.4 Å². The van der Waals surface area contributed by atoms with Crippen LogP contribution in [0.15, 0.2) is 11.6 Å². The van der Waals surface area contributed by atoms with Gasteiger partial charge in [0.15, 0.2) is 4.96 Å². The number of hydrogen-bond donors (Lipinski definition) is 1. The third-order valence-corrected chi connectivity index (χ3v) is 5.26. The maximum Gasteiger partial charge on any atom is 0.410 e. The van der Waals surface area contributed by atoms with Crippen molar-refractivity contribution in [3.8, 4) is 0 Å². The molecule has 0 aliphatic carbocycles. The van der Waals surface area contributed by atoms with Crippen LogP contribution in [0.3, 0.4) is 0 Å². The number of aromatic nitrogens is 2. The number of imidazole rings is 1. The predicted molar refractivity (Wildman–Crippen MR) is 100 cm³/mol. The van der Waals surface area contributed by atoms with Crippen molar-refractivity contribution in [3.05, 3.63) is 23.0 Å². The van der Waals surface area contributed by atoms with Crippen molar-refractivity contribution in [2.24, 2.45) is 0 Å². The average Bonchev–Trinajstić information content (AvgIpc) is 2.96. The van der Waals surface area contributed by atoms with E-state index in [0.717, 1.165) is 49.6 Å². The standard InChI is InChI=1S/C18H28N4O2S/c1-13-15(22-10-11-25-16(22)20-13)12-19-14-6-5-8-21(9-7-14)17(23)24-18(2,3)4/h10-11,14,19H,5-9,12H2,1-4H3. The molecule has 0 radical (unpaired) electrons. The molecule has 7 heteroatoms. The van der Waals surface area contributed by atoms with Gasteiger partial charge in [0.2, 0.25) is 0 Å². The molecule has 1 N–H and O–H groups in total. The zero-order valence-electron chi connectivity index (χ0n) is 15.5. The van der Waals surface area contributed by atoms with E-state index in [-0.39, 0.29) is 6.09 Å². The van der Waals surface area contributed by atoms with Gasteiger partial charge in [-0.25, -0.2) is 9.78 Å². The molecule has 6 nitrogen and oxygen atoms in total. The van der Waals surface area contributed by atoms with Crippen LogP contribution in [-0.4, -0.2) is 45.1 Å². The first-order valence-corrected chi connectivity index (χ1v) is 9.84. The molecule has 1 unspecified atom stereocenters. The number of rotatable bonds is 3. The number of thiazole rings is 1. The minimum Gasteiger partial charge on any atom is -0.444 e. The number of hydrogen-bond acceptors (Lipinski definition) is 5. The highest BCUT2D eigenvalue weighted by Gasteiger charge is 2.25. The van der Waals surface area contributed by atoms with Crippen LogP contribution in [0, 0.1) is 6.92 Å². The summed E-state index contributed by atoms with van der Waals surface area (Å²) >= 11 is 1.66. The first-order chi connectivity index (χ1) is 11.8. The van der Waals surface area contributed by atoms with E-state index < -0.39 is 5.60 Å². The Morgan fingerprint density at radius 2 is 2.20 bits per heavy atom. The monoisotopic (exact) mass is 364 g/mol. The van der Waals surface area contributed by atoms with Gasteiger partial charge >= 0.3 is 6.09 Å². The lowest BCUT2D eigenvalue weighted by atomic mass is 10.1. The fourth-order valence-electron chi connectivity index (χ4n) is 3.20. The van der Waals surface area contributed by atoms with Gasteiger partial charge in [-0.05, 0) is 47.0 Å². The Balaban J connectivity index is 1.54. The molecule has 0 aromatic carbocycles. The predicted octanol–water partition coefficient (Wildman–Crippen LogP) is 3.58. The molecule has 2 aromatic rings. The molecule has 0 spiro atoms. The summed E-state index contributed by atoms with van der Waals surface area (Å²) in [5.41, 5.74) is 1.87. The molecule has 1 aliphatic heterocycles. The van der Waals surface area contributed by atoms with E-state index in [0.29, 0.717) is 6.04 Å². The molecular formula is C18H28N4O2S. The van der Waals surface area contributed by atoms with E-state index in [1.807, 2.05) is 25.7 Å². The number of nitrogens with zero attached hydrogens (tertiary/aromatic N) is 3. The van der Waals surface area contributed by atoms with Crippen molar-refractivity contribution in [2.75, 3.05) is 13.1 Å². The summed E-state index contributed by atoms with van der Waals surface area (Å²) in [7, 11) is 0. The lowest BCUT2D eigenvalue weighted by molar-refractivity contribution is 0.0256. The Kier molecular flexibility index (Phi) is 5.34. The van der Waals surface area contributed by atoms with Crippen molar-refractivity contribution < 1.29 is 9.53 Å². The summed E-state index contributed by atoms with van der Waals surface area (Å²) < 4.78 is 7.66.